The molecule has 0 radical (unpaired) electrons. The van der Waals surface area contributed by atoms with Crippen molar-refractivity contribution in [2.24, 2.45) is 0 Å². The third-order valence-electron chi connectivity index (χ3n) is 7.39. The molecule has 3 N–H and O–H groups in total. The van der Waals surface area contributed by atoms with Crippen molar-refractivity contribution in [3.63, 3.8) is 0 Å². The molecule has 3 amide bonds. The van der Waals surface area contributed by atoms with E-state index in [0.29, 0.717) is 38.3 Å². The zero-order valence-corrected chi connectivity index (χ0v) is 20.6. The summed E-state index contributed by atoms with van der Waals surface area (Å²) in [6, 6.07) is 7.94. The maximum atomic E-state index is 13.2. The number of anilines is 2. The molecular formula is C26H33N7O3. The van der Waals surface area contributed by atoms with Crippen molar-refractivity contribution in [3.8, 4) is 11.3 Å². The lowest BCUT2D eigenvalue weighted by molar-refractivity contribution is -0.133. The summed E-state index contributed by atoms with van der Waals surface area (Å²) >= 11 is 0. The Morgan fingerprint density at radius 1 is 1.11 bits per heavy atom. The Morgan fingerprint density at radius 3 is 2.67 bits per heavy atom. The van der Waals surface area contributed by atoms with Gasteiger partial charge in [0.2, 0.25) is 11.9 Å². The van der Waals surface area contributed by atoms with Gasteiger partial charge in [-0.15, -0.1) is 0 Å². The lowest BCUT2D eigenvalue weighted by Gasteiger charge is -2.33. The molecule has 190 valence electrons. The van der Waals surface area contributed by atoms with Gasteiger partial charge in [0.15, 0.2) is 0 Å². The Labute approximate surface area is 210 Å². The molecule has 2 atom stereocenters. The van der Waals surface area contributed by atoms with Gasteiger partial charge >= 0.3 is 6.03 Å². The van der Waals surface area contributed by atoms with E-state index in [1.54, 1.807) is 0 Å². The van der Waals surface area contributed by atoms with E-state index in [9.17, 15) is 9.59 Å². The number of benzene rings is 1. The number of nitrogens with one attached hydrogen (secondary N) is 3. The molecule has 4 aliphatic rings. The number of rotatable bonds is 5. The molecule has 6 rings (SSSR count). The van der Waals surface area contributed by atoms with Crippen LogP contribution >= 0.6 is 0 Å². The molecule has 1 saturated carbocycles. The number of morpholine rings is 1. The fourth-order valence-corrected chi connectivity index (χ4v) is 5.20. The van der Waals surface area contributed by atoms with E-state index in [4.69, 9.17) is 14.7 Å². The Hall–Kier alpha value is -3.24. The number of hydrogen-bond donors (Lipinski definition) is 3. The first-order valence-electron chi connectivity index (χ1n) is 13.0. The standard InChI is InChI=1S/C26H33N7O3/c1-16-15-36-12-11-33(16)25-30-22-14-32(24(34)21-3-2-10-27-21)13-20(22)23(31-25)17-4-6-18(7-5-17)28-26(35)29-19-8-9-19/h4-7,16,19,21,27H,2-3,8-15H2,1H3,(H2,28,29,35)/t16-,21?/m0/s1. The molecule has 36 heavy (non-hydrogen) atoms. The highest BCUT2D eigenvalue weighted by molar-refractivity contribution is 5.90. The minimum atomic E-state index is -0.175. The number of carbonyl (C=O) groups is 2. The summed E-state index contributed by atoms with van der Waals surface area (Å²) in [5, 5.41) is 9.17. The molecule has 1 aromatic carbocycles. The third-order valence-corrected chi connectivity index (χ3v) is 7.39. The van der Waals surface area contributed by atoms with Crippen molar-refractivity contribution in [2.75, 3.05) is 36.5 Å². The van der Waals surface area contributed by atoms with Crippen molar-refractivity contribution in [1.29, 1.82) is 0 Å². The van der Waals surface area contributed by atoms with Crippen LogP contribution in [0.3, 0.4) is 0 Å². The molecule has 0 spiro atoms. The number of urea groups is 1. The molecule has 3 aliphatic heterocycles. The fraction of sp³-hybridized carbons (Fsp3) is 0.538. The van der Waals surface area contributed by atoms with E-state index in [1.165, 1.54) is 0 Å². The molecular weight excluding hydrogens is 458 g/mol. The summed E-state index contributed by atoms with van der Waals surface area (Å²) in [5.74, 6) is 0.817. The summed E-state index contributed by atoms with van der Waals surface area (Å²) < 4.78 is 5.62. The highest BCUT2D eigenvalue weighted by Crippen LogP contribution is 2.34. The second-order valence-corrected chi connectivity index (χ2v) is 10.2. The van der Waals surface area contributed by atoms with Crippen molar-refractivity contribution in [1.82, 2.24) is 25.5 Å². The summed E-state index contributed by atoms with van der Waals surface area (Å²) in [4.78, 5) is 39.4. The maximum Gasteiger partial charge on any atom is 0.319 e. The van der Waals surface area contributed by atoms with Gasteiger partial charge < -0.3 is 30.5 Å². The van der Waals surface area contributed by atoms with Crippen LogP contribution in [0.15, 0.2) is 24.3 Å². The summed E-state index contributed by atoms with van der Waals surface area (Å²) in [5.41, 5.74) is 4.42. The van der Waals surface area contributed by atoms with Crippen molar-refractivity contribution < 1.29 is 14.3 Å². The Morgan fingerprint density at radius 2 is 1.94 bits per heavy atom. The van der Waals surface area contributed by atoms with Crippen LogP contribution in [0.5, 0.6) is 0 Å². The minimum absolute atomic E-state index is 0.110. The Bertz CT molecular complexity index is 1140. The first kappa shape index (κ1) is 23.2. The molecule has 10 nitrogen and oxygen atoms in total. The molecule has 2 saturated heterocycles. The van der Waals surface area contributed by atoms with Crippen LogP contribution in [-0.4, -0.2) is 71.2 Å². The predicted molar refractivity (Wildman–Crippen MR) is 136 cm³/mol. The molecule has 0 bridgehead atoms. The first-order valence-corrected chi connectivity index (χ1v) is 13.0. The van der Waals surface area contributed by atoms with Crippen LogP contribution in [0.2, 0.25) is 0 Å². The summed E-state index contributed by atoms with van der Waals surface area (Å²) in [7, 11) is 0. The van der Waals surface area contributed by atoms with Gasteiger partial charge in [0, 0.05) is 29.4 Å². The number of hydrogen-bond acceptors (Lipinski definition) is 7. The topological polar surface area (TPSA) is 112 Å². The van der Waals surface area contributed by atoms with Crippen LogP contribution in [0.25, 0.3) is 11.3 Å². The molecule has 2 aromatic rings. The van der Waals surface area contributed by atoms with Crippen LogP contribution in [-0.2, 0) is 22.6 Å². The monoisotopic (exact) mass is 491 g/mol. The van der Waals surface area contributed by atoms with Crippen LogP contribution in [0, 0.1) is 0 Å². The largest absolute Gasteiger partial charge is 0.377 e. The third kappa shape index (κ3) is 4.75. The quantitative estimate of drug-likeness (QED) is 0.588. The number of fused-ring (bicyclic) bond motifs is 1. The fourth-order valence-electron chi connectivity index (χ4n) is 5.20. The van der Waals surface area contributed by atoms with Gasteiger partial charge in [-0.3, -0.25) is 4.79 Å². The van der Waals surface area contributed by atoms with Gasteiger partial charge in [-0.2, -0.15) is 0 Å². The molecule has 1 aliphatic carbocycles. The van der Waals surface area contributed by atoms with Gasteiger partial charge in [0.25, 0.3) is 0 Å². The Balaban J connectivity index is 1.29. The molecule has 1 unspecified atom stereocenters. The van der Waals surface area contributed by atoms with Gasteiger partial charge in [-0.05, 0) is 51.3 Å². The van der Waals surface area contributed by atoms with E-state index < -0.39 is 0 Å². The second kappa shape index (κ2) is 9.67. The highest BCUT2D eigenvalue weighted by Gasteiger charge is 2.34. The SMILES string of the molecule is C[C@H]1COCCN1c1nc2c(c(-c3ccc(NC(=O)NC4CC4)cc3)n1)CN(C(=O)C1CCCN1)C2. The second-order valence-electron chi connectivity index (χ2n) is 10.2. The maximum absolute atomic E-state index is 13.2. The van der Waals surface area contributed by atoms with Crippen LogP contribution in [0.1, 0.15) is 43.9 Å². The first-order chi connectivity index (χ1) is 17.5. The molecule has 1 aromatic heterocycles. The lowest BCUT2D eigenvalue weighted by atomic mass is 10.1. The lowest BCUT2D eigenvalue weighted by Crippen LogP contribution is -2.44. The van der Waals surface area contributed by atoms with Crippen molar-refractivity contribution in [2.45, 2.75) is 63.8 Å². The van der Waals surface area contributed by atoms with E-state index in [-0.39, 0.29) is 24.0 Å². The molecule has 3 fully saturated rings. The van der Waals surface area contributed by atoms with Gasteiger partial charge in [0.1, 0.15) is 0 Å². The number of ether oxygens (including phenoxy) is 1. The normalized spacial score (nSPS) is 23.5. The van der Waals surface area contributed by atoms with E-state index in [2.05, 4.69) is 27.8 Å². The zero-order chi connectivity index (χ0) is 24.6. The number of carbonyl (C=O) groups excluding carboxylic acids is 2. The highest BCUT2D eigenvalue weighted by atomic mass is 16.5. The average Bonchev–Trinajstić information content (AvgIpc) is 3.34. The summed E-state index contributed by atoms with van der Waals surface area (Å²) in [6.07, 6.45) is 4.00. The number of amides is 3. The molecule has 10 heteroatoms. The van der Waals surface area contributed by atoms with E-state index >= 15 is 0 Å². The summed E-state index contributed by atoms with van der Waals surface area (Å²) in [6.45, 7) is 6.01. The zero-order valence-electron chi connectivity index (χ0n) is 20.6. The van der Waals surface area contributed by atoms with Crippen molar-refractivity contribution >= 4 is 23.6 Å². The van der Waals surface area contributed by atoms with Gasteiger partial charge in [-0.25, -0.2) is 14.8 Å². The van der Waals surface area contributed by atoms with Crippen molar-refractivity contribution in [3.05, 3.63) is 35.5 Å². The smallest absolute Gasteiger partial charge is 0.319 e. The number of aromatic nitrogens is 2. The van der Waals surface area contributed by atoms with Crippen LogP contribution in [0.4, 0.5) is 16.4 Å². The molecule has 4 heterocycles. The van der Waals surface area contributed by atoms with Crippen LogP contribution < -0.4 is 20.9 Å². The minimum Gasteiger partial charge on any atom is -0.377 e. The van der Waals surface area contributed by atoms with Gasteiger partial charge in [0.05, 0.1) is 49.8 Å². The predicted octanol–water partition coefficient (Wildman–Crippen LogP) is 2.25. The van der Waals surface area contributed by atoms with E-state index in [1.807, 2.05) is 29.2 Å². The Kier molecular flexibility index (Phi) is 6.22. The van der Waals surface area contributed by atoms with E-state index in [0.717, 1.165) is 67.0 Å². The number of nitrogens with zero attached hydrogens (tertiary/aromatic N) is 4. The van der Waals surface area contributed by atoms with Gasteiger partial charge in [-0.1, -0.05) is 12.1 Å². The average molecular weight is 492 g/mol.